The lowest BCUT2D eigenvalue weighted by molar-refractivity contribution is -0.384. The minimum Gasteiger partial charge on any atom is -0.454 e. The van der Waals surface area contributed by atoms with Gasteiger partial charge in [0.1, 0.15) is 5.69 Å². The molecule has 0 N–H and O–H groups in total. The molecule has 0 bridgehead atoms. The number of unbranched alkanes of at least 4 members (excludes halogenated alkanes) is 1. The van der Waals surface area contributed by atoms with Gasteiger partial charge < -0.3 is 9.64 Å². The van der Waals surface area contributed by atoms with Crippen molar-refractivity contribution in [3.8, 4) is 0 Å². The van der Waals surface area contributed by atoms with Crippen LogP contribution < -0.4 is 4.90 Å². The van der Waals surface area contributed by atoms with E-state index in [0.717, 1.165) is 38.8 Å². The third-order valence-corrected chi connectivity index (χ3v) is 5.07. The van der Waals surface area contributed by atoms with Gasteiger partial charge in [0, 0.05) is 25.7 Å². The summed E-state index contributed by atoms with van der Waals surface area (Å²) >= 11 is 0. The molecule has 29 heavy (non-hydrogen) atoms. The molecule has 10 nitrogen and oxygen atoms in total. The Balaban J connectivity index is 1.72. The first-order valence-corrected chi connectivity index (χ1v) is 9.95. The highest BCUT2D eigenvalue weighted by atomic mass is 16.6. The van der Waals surface area contributed by atoms with Crippen LogP contribution in [-0.2, 0) is 17.9 Å². The number of nitrogens with zero attached hydrogens (tertiary/aromatic N) is 6. The van der Waals surface area contributed by atoms with E-state index >= 15 is 0 Å². The van der Waals surface area contributed by atoms with Crippen molar-refractivity contribution in [2.45, 2.75) is 52.7 Å². The number of nitro groups is 1. The summed E-state index contributed by atoms with van der Waals surface area (Å²) in [6.45, 7) is 6.29. The predicted octanol–water partition coefficient (Wildman–Crippen LogP) is 2.97. The van der Waals surface area contributed by atoms with Crippen molar-refractivity contribution >= 4 is 17.3 Å². The average Bonchev–Trinajstić information content (AvgIpc) is 3.17. The van der Waals surface area contributed by atoms with E-state index < -0.39 is 10.9 Å². The molecule has 1 fully saturated rings. The van der Waals surface area contributed by atoms with Gasteiger partial charge >= 0.3 is 5.97 Å². The van der Waals surface area contributed by atoms with Crippen molar-refractivity contribution in [3.05, 3.63) is 39.7 Å². The van der Waals surface area contributed by atoms with E-state index in [2.05, 4.69) is 29.4 Å². The van der Waals surface area contributed by atoms with Crippen LogP contribution >= 0.6 is 0 Å². The van der Waals surface area contributed by atoms with E-state index in [4.69, 9.17) is 4.74 Å². The zero-order chi connectivity index (χ0) is 20.8. The van der Waals surface area contributed by atoms with Gasteiger partial charge in [0.15, 0.2) is 12.4 Å². The molecule has 0 radical (unpaired) electrons. The molecule has 1 atom stereocenters. The van der Waals surface area contributed by atoms with Gasteiger partial charge in [-0.2, -0.15) is 0 Å². The number of aromatic nitrogens is 4. The highest BCUT2D eigenvalue weighted by Gasteiger charge is 2.25. The normalized spacial score (nSPS) is 16.6. The van der Waals surface area contributed by atoms with Gasteiger partial charge in [0.25, 0.3) is 5.69 Å². The Hall–Kier alpha value is -3.04. The van der Waals surface area contributed by atoms with E-state index in [9.17, 15) is 14.9 Å². The number of hydrogen-bond donors (Lipinski definition) is 0. The predicted molar refractivity (Wildman–Crippen MR) is 106 cm³/mol. The lowest BCUT2D eigenvalue weighted by Crippen LogP contribution is -2.34. The second-order valence-corrected chi connectivity index (χ2v) is 7.40. The van der Waals surface area contributed by atoms with Gasteiger partial charge in [-0.15, -0.1) is 5.10 Å². The smallest absolute Gasteiger partial charge is 0.338 e. The van der Waals surface area contributed by atoms with Crippen molar-refractivity contribution in [2.24, 2.45) is 5.92 Å². The summed E-state index contributed by atoms with van der Waals surface area (Å²) in [5.74, 6) is 0.281. The Labute approximate surface area is 169 Å². The number of piperidine rings is 1. The zero-order valence-corrected chi connectivity index (χ0v) is 16.8. The molecule has 156 valence electrons. The number of tetrazole rings is 1. The lowest BCUT2D eigenvalue weighted by Gasteiger charge is -2.32. The summed E-state index contributed by atoms with van der Waals surface area (Å²) in [5, 5.41) is 23.0. The van der Waals surface area contributed by atoms with Crippen molar-refractivity contribution in [1.82, 2.24) is 20.2 Å². The molecule has 1 saturated heterocycles. The van der Waals surface area contributed by atoms with Crippen LogP contribution in [-0.4, -0.2) is 44.2 Å². The molecule has 2 heterocycles. The Morgan fingerprint density at radius 3 is 2.97 bits per heavy atom. The van der Waals surface area contributed by atoms with Gasteiger partial charge in [0.2, 0.25) is 0 Å². The van der Waals surface area contributed by atoms with Gasteiger partial charge in [-0.25, -0.2) is 9.48 Å². The van der Waals surface area contributed by atoms with E-state index in [1.165, 1.54) is 6.07 Å². The van der Waals surface area contributed by atoms with Crippen molar-refractivity contribution in [3.63, 3.8) is 0 Å². The average molecular weight is 402 g/mol. The number of hydrogen-bond acceptors (Lipinski definition) is 8. The van der Waals surface area contributed by atoms with Crippen LogP contribution in [0.4, 0.5) is 11.4 Å². The van der Waals surface area contributed by atoms with E-state index in [-0.39, 0.29) is 17.9 Å². The molecule has 0 saturated carbocycles. The minimum absolute atomic E-state index is 0.0821. The molecule has 0 aliphatic carbocycles. The van der Waals surface area contributed by atoms with E-state index in [1.807, 2.05) is 4.90 Å². The van der Waals surface area contributed by atoms with Crippen molar-refractivity contribution in [1.29, 1.82) is 0 Å². The SMILES string of the molecule is CCCCn1nnnc1COC(=O)c1ccc(N2CCC[C@@H](C)C2)c([N+](=O)[O-])c1. The maximum Gasteiger partial charge on any atom is 0.338 e. The summed E-state index contributed by atoms with van der Waals surface area (Å²) in [4.78, 5) is 25.6. The molecule has 0 spiro atoms. The fourth-order valence-corrected chi connectivity index (χ4v) is 3.49. The number of esters is 1. The van der Waals surface area contributed by atoms with Crippen LogP contribution in [0.15, 0.2) is 18.2 Å². The maximum absolute atomic E-state index is 12.4. The van der Waals surface area contributed by atoms with Crippen molar-refractivity contribution < 1.29 is 14.5 Å². The van der Waals surface area contributed by atoms with Gasteiger partial charge in [-0.3, -0.25) is 10.1 Å². The monoisotopic (exact) mass is 402 g/mol. The standard InChI is InChI=1S/C19H26N6O4/c1-3-4-10-24-18(20-21-22-24)13-29-19(26)15-7-8-16(17(11-15)25(27)28)23-9-5-6-14(2)12-23/h7-8,11,14H,3-6,9-10,12-13H2,1-2H3/t14-/m1/s1. The maximum atomic E-state index is 12.4. The van der Waals surface area contributed by atoms with Crippen LogP contribution in [0.3, 0.4) is 0 Å². The Kier molecular flexibility index (Phi) is 6.73. The van der Waals surface area contributed by atoms with Crippen LogP contribution in [0.2, 0.25) is 0 Å². The highest BCUT2D eigenvalue weighted by Crippen LogP contribution is 2.32. The summed E-state index contributed by atoms with van der Waals surface area (Å²) in [7, 11) is 0. The molecule has 1 aliphatic heterocycles. The minimum atomic E-state index is -0.642. The number of anilines is 1. The summed E-state index contributed by atoms with van der Waals surface area (Å²) < 4.78 is 6.89. The molecule has 0 unspecified atom stereocenters. The van der Waals surface area contributed by atoms with Gasteiger partial charge in [-0.05, 0) is 47.7 Å². The molecular weight excluding hydrogens is 376 g/mol. The first-order chi connectivity index (χ1) is 14.0. The molecule has 0 amide bonds. The first-order valence-electron chi connectivity index (χ1n) is 9.95. The first kappa shape index (κ1) is 20.7. The topological polar surface area (TPSA) is 116 Å². The number of carbonyl (C=O) groups excluding carboxylic acids is 1. The fourth-order valence-electron chi connectivity index (χ4n) is 3.49. The molecular formula is C19H26N6O4. The molecule has 1 aromatic heterocycles. The van der Waals surface area contributed by atoms with Gasteiger partial charge in [-0.1, -0.05) is 20.3 Å². The van der Waals surface area contributed by atoms with E-state index in [0.29, 0.717) is 24.0 Å². The Morgan fingerprint density at radius 1 is 1.41 bits per heavy atom. The number of carbonyl (C=O) groups is 1. The fraction of sp³-hybridized carbons (Fsp3) is 0.579. The van der Waals surface area contributed by atoms with Crippen LogP contribution in [0.1, 0.15) is 55.7 Å². The summed E-state index contributed by atoms with van der Waals surface area (Å²) in [6, 6.07) is 4.50. The van der Waals surface area contributed by atoms with Crippen LogP contribution in [0, 0.1) is 16.0 Å². The number of benzene rings is 1. The van der Waals surface area contributed by atoms with Crippen LogP contribution in [0.25, 0.3) is 0 Å². The Morgan fingerprint density at radius 2 is 2.24 bits per heavy atom. The van der Waals surface area contributed by atoms with Crippen molar-refractivity contribution in [2.75, 3.05) is 18.0 Å². The number of nitro benzene ring substituents is 1. The highest BCUT2D eigenvalue weighted by molar-refractivity contribution is 5.91. The van der Waals surface area contributed by atoms with Gasteiger partial charge in [0.05, 0.1) is 10.5 Å². The summed E-state index contributed by atoms with van der Waals surface area (Å²) in [5.41, 5.74) is 0.598. The third kappa shape index (κ3) is 5.07. The van der Waals surface area contributed by atoms with Crippen LogP contribution in [0.5, 0.6) is 0 Å². The number of aryl methyl sites for hydroxylation is 1. The quantitative estimate of drug-likeness (QED) is 0.376. The second-order valence-electron chi connectivity index (χ2n) is 7.40. The molecule has 3 rings (SSSR count). The molecule has 1 aromatic carbocycles. The number of ether oxygens (including phenoxy) is 1. The third-order valence-electron chi connectivity index (χ3n) is 5.07. The Bertz CT molecular complexity index is 868. The second kappa shape index (κ2) is 9.44. The lowest BCUT2D eigenvalue weighted by atomic mass is 9.99. The number of rotatable bonds is 8. The van der Waals surface area contributed by atoms with E-state index in [1.54, 1.807) is 16.8 Å². The molecule has 10 heteroatoms. The largest absolute Gasteiger partial charge is 0.454 e. The molecule has 1 aliphatic rings. The zero-order valence-electron chi connectivity index (χ0n) is 16.8. The molecule has 2 aromatic rings. The summed E-state index contributed by atoms with van der Waals surface area (Å²) in [6.07, 6.45) is 4.01.